The van der Waals surface area contributed by atoms with Crippen molar-refractivity contribution >= 4 is 17.5 Å². The smallest absolute Gasteiger partial charge is 0.257 e. The average Bonchev–Trinajstić information content (AvgIpc) is 2.33. The van der Waals surface area contributed by atoms with E-state index in [1.54, 1.807) is 6.92 Å². The highest BCUT2D eigenvalue weighted by molar-refractivity contribution is 5.97. The Morgan fingerprint density at radius 3 is 2.63 bits per heavy atom. The number of aryl methyl sites for hydroxylation is 1. The van der Waals surface area contributed by atoms with Crippen LogP contribution in [0, 0.1) is 12.7 Å². The fraction of sp³-hybridized carbons (Fsp3) is 0.385. The lowest BCUT2D eigenvalue weighted by molar-refractivity contribution is -0.121. The van der Waals surface area contributed by atoms with Crippen LogP contribution < -0.4 is 11.1 Å². The molecule has 0 aliphatic rings. The van der Waals surface area contributed by atoms with Crippen molar-refractivity contribution in [3.8, 4) is 0 Å². The number of carbonyl (C=O) groups excluding carboxylic acids is 2. The molecule has 104 valence electrons. The van der Waals surface area contributed by atoms with E-state index < -0.39 is 11.7 Å². The van der Waals surface area contributed by atoms with E-state index in [4.69, 9.17) is 5.73 Å². The molecule has 6 heteroatoms. The number of nitrogens with two attached hydrogens (primary N) is 1. The van der Waals surface area contributed by atoms with Gasteiger partial charge in [-0.1, -0.05) is 0 Å². The fourth-order valence-corrected chi connectivity index (χ4v) is 1.70. The highest BCUT2D eigenvalue weighted by Crippen LogP contribution is 2.18. The predicted molar refractivity (Wildman–Crippen MR) is 71.2 cm³/mol. The molecule has 0 atom stereocenters. The number of amides is 2. The fourth-order valence-electron chi connectivity index (χ4n) is 1.70. The molecule has 0 unspecified atom stereocenters. The quantitative estimate of drug-likeness (QED) is 0.797. The summed E-state index contributed by atoms with van der Waals surface area (Å²) >= 11 is 0. The second-order valence-corrected chi connectivity index (χ2v) is 4.31. The van der Waals surface area contributed by atoms with E-state index in [1.807, 2.05) is 0 Å². The molecule has 0 heterocycles. The average molecular weight is 267 g/mol. The minimum atomic E-state index is -0.609. The first-order valence-corrected chi connectivity index (χ1v) is 5.94. The van der Waals surface area contributed by atoms with Crippen molar-refractivity contribution < 1.29 is 14.0 Å². The van der Waals surface area contributed by atoms with Crippen LogP contribution >= 0.6 is 0 Å². The number of hydrogen-bond acceptors (Lipinski definition) is 3. The lowest BCUT2D eigenvalue weighted by Crippen LogP contribution is -2.38. The number of nitrogen functional groups attached to an aromatic ring is 1. The van der Waals surface area contributed by atoms with Crippen LogP contribution in [-0.4, -0.2) is 36.9 Å². The lowest BCUT2D eigenvalue weighted by Gasteiger charge is -2.17. The van der Waals surface area contributed by atoms with Gasteiger partial charge in [0, 0.05) is 19.3 Å². The maximum absolute atomic E-state index is 13.9. The number of likely N-dealkylation sites (N-methyl/N-ethyl adjacent to an activating group) is 2. The van der Waals surface area contributed by atoms with Crippen molar-refractivity contribution in [1.82, 2.24) is 10.2 Å². The molecule has 1 aromatic carbocycles. The molecule has 0 aliphatic heterocycles. The molecule has 1 rings (SSSR count). The van der Waals surface area contributed by atoms with E-state index in [0.717, 1.165) is 4.90 Å². The summed E-state index contributed by atoms with van der Waals surface area (Å²) in [5.41, 5.74) is 6.09. The van der Waals surface area contributed by atoms with E-state index in [9.17, 15) is 14.0 Å². The summed E-state index contributed by atoms with van der Waals surface area (Å²) in [4.78, 5) is 24.6. The number of rotatable bonds is 4. The second kappa shape index (κ2) is 6.17. The van der Waals surface area contributed by atoms with Gasteiger partial charge in [0.1, 0.15) is 5.82 Å². The van der Waals surface area contributed by atoms with Crippen molar-refractivity contribution in [2.75, 3.05) is 25.9 Å². The molecular weight excluding hydrogens is 249 g/mol. The van der Waals surface area contributed by atoms with Crippen LogP contribution in [0.2, 0.25) is 0 Å². The van der Waals surface area contributed by atoms with Crippen LogP contribution in [-0.2, 0) is 4.79 Å². The van der Waals surface area contributed by atoms with Crippen LogP contribution in [0.4, 0.5) is 10.1 Å². The Balaban J connectivity index is 2.91. The number of hydrogen-bond donors (Lipinski definition) is 2. The highest BCUT2D eigenvalue weighted by atomic mass is 19.1. The zero-order chi connectivity index (χ0) is 14.6. The molecule has 0 radical (unpaired) electrons. The molecule has 0 spiro atoms. The van der Waals surface area contributed by atoms with Crippen molar-refractivity contribution in [2.24, 2.45) is 0 Å². The van der Waals surface area contributed by atoms with Crippen molar-refractivity contribution in [1.29, 1.82) is 0 Å². The maximum Gasteiger partial charge on any atom is 0.257 e. The Kier molecular flexibility index (Phi) is 4.86. The van der Waals surface area contributed by atoms with Crippen LogP contribution in [0.5, 0.6) is 0 Å². The summed E-state index contributed by atoms with van der Waals surface area (Å²) in [7, 11) is 1.44. The zero-order valence-electron chi connectivity index (χ0n) is 11.3. The predicted octanol–water partition coefficient (Wildman–Crippen LogP) is 0.924. The number of benzene rings is 1. The topological polar surface area (TPSA) is 75.4 Å². The van der Waals surface area contributed by atoms with Gasteiger partial charge in [0.15, 0.2) is 0 Å². The summed E-state index contributed by atoms with van der Waals surface area (Å²) in [6.07, 6.45) is 0. The molecule has 0 fully saturated rings. The first kappa shape index (κ1) is 14.9. The minimum absolute atomic E-state index is 0.121. The number of halogens is 1. The summed E-state index contributed by atoms with van der Waals surface area (Å²) in [5.74, 6) is -1.47. The minimum Gasteiger partial charge on any atom is -0.399 e. The largest absolute Gasteiger partial charge is 0.399 e. The molecular formula is C13H18FN3O2. The van der Waals surface area contributed by atoms with Gasteiger partial charge < -0.3 is 16.0 Å². The molecule has 0 aliphatic carbocycles. The zero-order valence-corrected chi connectivity index (χ0v) is 11.3. The Morgan fingerprint density at radius 1 is 1.42 bits per heavy atom. The summed E-state index contributed by atoms with van der Waals surface area (Å²) in [6.45, 7) is 3.67. The Labute approximate surface area is 111 Å². The molecule has 0 saturated heterocycles. The van der Waals surface area contributed by atoms with Crippen LogP contribution in [0.1, 0.15) is 22.8 Å². The van der Waals surface area contributed by atoms with E-state index in [-0.39, 0.29) is 18.0 Å². The van der Waals surface area contributed by atoms with Gasteiger partial charge in [-0.2, -0.15) is 0 Å². The summed E-state index contributed by atoms with van der Waals surface area (Å²) in [5, 5.41) is 2.57. The monoisotopic (exact) mass is 267 g/mol. The van der Waals surface area contributed by atoms with Gasteiger partial charge in [-0.3, -0.25) is 9.59 Å². The molecule has 19 heavy (non-hydrogen) atoms. The first-order chi connectivity index (χ1) is 8.86. The standard InChI is InChI=1S/C13H18FN3O2/c1-4-16-11(18)7-17(3)13(19)10-6-9(15)5-8(2)12(10)14/h5-6H,4,7,15H2,1-3H3,(H,16,18). The molecule has 0 aromatic heterocycles. The summed E-state index contributed by atoms with van der Waals surface area (Å²) in [6, 6.07) is 2.73. The van der Waals surface area contributed by atoms with Crippen molar-refractivity contribution in [3.05, 3.63) is 29.1 Å². The van der Waals surface area contributed by atoms with Crippen molar-refractivity contribution in [3.63, 3.8) is 0 Å². The van der Waals surface area contributed by atoms with Crippen molar-refractivity contribution in [2.45, 2.75) is 13.8 Å². The van der Waals surface area contributed by atoms with Crippen LogP contribution in [0.15, 0.2) is 12.1 Å². The Morgan fingerprint density at radius 2 is 2.05 bits per heavy atom. The Bertz CT molecular complexity index is 503. The lowest BCUT2D eigenvalue weighted by atomic mass is 10.1. The van der Waals surface area contributed by atoms with Gasteiger partial charge in [-0.05, 0) is 31.5 Å². The molecule has 1 aromatic rings. The molecule has 0 bridgehead atoms. The van der Waals surface area contributed by atoms with Gasteiger partial charge in [0.05, 0.1) is 12.1 Å². The van der Waals surface area contributed by atoms with Crippen LogP contribution in [0.3, 0.4) is 0 Å². The van der Waals surface area contributed by atoms with E-state index in [1.165, 1.54) is 26.1 Å². The number of nitrogens with zero attached hydrogens (tertiary/aromatic N) is 1. The molecule has 3 N–H and O–H groups in total. The molecule has 0 saturated carbocycles. The SMILES string of the molecule is CCNC(=O)CN(C)C(=O)c1cc(N)cc(C)c1F. The summed E-state index contributed by atoms with van der Waals surface area (Å²) < 4.78 is 13.9. The molecule has 5 nitrogen and oxygen atoms in total. The van der Waals surface area contributed by atoms with Crippen LogP contribution in [0.25, 0.3) is 0 Å². The van der Waals surface area contributed by atoms with E-state index >= 15 is 0 Å². The van der Waals surface area contributed by atoms with Gasteiger partial charge in [0.2, 0.25) is 5.91 Å². The van der Waals surface area contributed by atoms with Gasteiger partial charge in [-0.15, -0.1) is 0 Å². The van der Waals surface area contributed by atoms with Gasteiger partial charge >= 0.3 is 0 Å². The first-order valence-electron chi connectivity index (χ1n) is 5.94. The third-order valence-electron chi connectivity index (χ3n) is 2.61. The van der Waals surface area contributed by atoms with Gasteiger partial charge in [-0.25, -0.2) is 4.39 Å². The number of anilines is 1. The third-order valence-corrected chi connectivity index (χ3v) is 2.61. The number of nitrogens with one attached hydrogen (secondary N) is 1. The highest BCUT2D eigenvalue weighted by Gasteiger charge is 2.19. The maximum atomic E-state index is 13.9. The number of carbonyl (C=O) groups is 2. The molecule has 2 amide bonds. The van der Waals surface area contributed by atoms with E-state index in [0.29, 0.717) is 17.8 Å². The van der Waals surface area contributed by atoms with Gasteiger partial charge in [0.25, 0.3) is 5.91 Å². The normalized spacial score (nSPS) is 10.1. The van der Waals surface area contributed by atoms with E-state index in [2.05, 4.69) is 5.32 Å². The third kappa shape index (κ3) is 3.67. The Hall–Kier alpha value is -2.11. The second-order valence-electron chi connectivity index (χ2n) is 4.31.